The van der Waals surface area contributed by atoms with E-state index in [1.165, 1.54) is 5.56 Å². The van der Waals surface area contributed by atoms with E-state index in [0.29, 0.717) is 5.92 Å². The van der Waals surface area contributed by atoms with E-state index in [2.05, 4.69) is 41.9 Å². The van der Waals surface area contributed by atoms with Gasteiger partial charge in [-0.15, -0.1) is 0 Å². The first-order valence-electron chi connectivity index (χ1n) is 5.59. The number of aliphatic hydroxyl groups is 1. The molecular formula is C13H19BrO. The molecule has 15 heavy (non-hydrogen) atoms. The highest BCUT2D eigenvalue weighted by Crippen LogP contribution is 2.30. The summed E-state index contributed by atoms with van der Waals surface area (Å²) in [6.07, 6.45) is 2.24. The van der Waals surface area contributed by atoms with Crippen molar-refractivity contribution in [2.75, 3.05) is 6.61 Å². The summed E-state index contributed by atoms with van der Waals surface area (Å²) in [7, 11) is 0. The predicted molar refractivity (Wildman–Crippen MR) is 68.0 cm³/mol. The SMILES string of the molecule is CCC(CC)C(CO)c1cccc(Br)c1. The highest BCUT2D eigenvalue weighted by Gasteiger charge is 2.19. The Kier molecular flexibility index (Phi) is 5.34. The minimum atomic E-state index is 0.239. The molecule has 1 N–H and O–H groups in total. The van der Waals surface area contributed by atoms with Gasteiger partial charge in [0.2, 0.25) is 0 Å². The molecule has 0 radical (unpaired) electrons. The van der Waals surface area contributed by atoms with Crippen molar-refractivity contribution in [3.05, 3.63) is 34.3 Å². The van der Waals surface area contributed by atoms with Gasteiger partial charge in [0.1, 0.15) is 0 Å². The van der Waals surface area contributed by atoms with Gasteiger partial charge >= 0.3 is 0 Å². The molecule has 2 heteroatoms. The van der Waals surface area contributed by atoms with E-state index < -0.39 is 0 Å². The summed E-state index contributed by atoms with van der Waals surface area (Å²) >= 11 is 3.47. The summed E-state index contributed by atoms with van der Waals surface area (Å²) in [6, 6.07) is 8.26. The van der Waals surface area contributed by atoms with Gasteiger partial charge in [0.25, 0.3) is 0 Å². The molecule has 1 rings (SSSR count). The normalized spacial score (nSPS) is 13.1. The van der Waals surface area contributed by atoms with E-state index in [1.54, 1.807) is 0 Å². The molecule has 0 aliphatic rings. The van der Waals surface area contributed by atoms with Crippen molar-refractivity contribution in [2.45, 2.75) is 32.6 Å². The van der Waals surface area contributed by atoms with Crippen molar-refractivity contribution in [2.24, 2.45) is 5.92 Å². The van der Waals surface area contributed by atoms with Crippen molar-refractivity contribution >= 4 is 15.9 Å². The maximum atomic E-state index is 9.49. The molecule has 1 unspecified atom stereocenters. The Morgan fingerprint density at radius 1 is 1.27 bits per heavy atom. The molecule has 1 atom stereocenters. The molecule has 0 aliphatic carbocycles. The first-order chi connectivity index (χ1) is 7.22. The summed E-state index contributed by atoms with van der Waals surface area (Å²) in [6.45, 7) is 4.62. The van der Waals surface area contributed by atoms with Gasteiger partial charge in [0, 0.05) is 10.4 Å². The summed E-state index contributed by atoms with van der Waals surface area (Å²) in [5.74, 6) is 0.849. The lowest BCUT2D eigenvalue weighted by atomic mass is 9.83. The third kappa shape index (κ3) is 3.32. The quantitative estimate of drug-likeness (QED) is 0.859. The molecule has 0 heterocycles. The molecule has 1 aromatic rings. The Morgan fingerprint density at radius 2 is 1.93 bits per heavy atom. The largest absolute Gasteiger partial charge is 0.396 e. The van der Waals surface area contributed by atoms with Crippen molar-refractivity contribution < 1.29 is 5.11 Å². The summed E-state index contributed by atoms with van der Waals surface area (Å²) in [5.41, 5.74) is 1.24. The standard InChI is InChI=1S/C13H19BrO/c1-3-10(4-2)13(9-15)11-6-5-7-12(14)8-11/h5-8,10,13,15H,3-4,9H2,1-2H3. The second kappa shape index (κ2) is 6.29. The van der Waals surface area contributed by atoms with Crippen LogP contribution in [0.25, 0.3) is 0 Å². The van der Waals surface area contributed by atoms with E-state index in [4.69, 9.17) is 0 Å². The van der Waals surface area contributed by atoms with Crippen LogP contribution < -0.4 is 0 Å². The van der Waals surface area contributed by atoms with Gasteiger partial charge in [-0.2, -0.15) is 0 Å². The molecule has 0 aromatic heterocycles. The Hall–Kier alpha value is -0.340. The molecule has 1 nitrogen and oxygen atoms in total. The summed E-state index contributed by atoms with van der Waals surface area (Å²) in [4.78, 5) is 0. The molecule has 0 spiro atoms. The molecule has 0 saturated carbocycles. The second-order valence-corrected chi connectivity index (χ2v) is 4.84. The molecule has 0 amide bonds. The zero-order valence-corrected chi connectivity index (χ0v) is 11.0. The van der Waals surface area contributed by atoms with Gasteiger partial charge < -0.3 is 5.11 Å². The molecule has 0 fully saturated rings. The summed E-state index contributed by atoms with van der Waals surface area (Å²) < 4.78 is 1.09. The van der Waals surface area contributed by atoms with Gasteiger partial charge in [0.15, 0.2) is 0 Å². The Morgan fingerprint density at radius 3 is 2.40 bits per heavy atom. The average molecular weight is 271 g/mol. The van der Waals surface area contributed by atoms with Crippen LogP contribution in [-0.4, -0.2) is 11.7 Å². The van der Waals surface area contributed by atoms with Crippen molar-refractivity contribution in [1.29, 1.82) is 0 Å². The first kappa shape index (κ1) is 12.7. The van der Waals surface area contributed by atoms with Gasteiger partial charge in [0.05, 0.1) is 6.61 Å². The van der Waals surface area contributed by atoms with Crippen LogP contribution in [0.2, 0.25) is 0 Å². The third-order valence-electron chi connectivity index (χ3n) is 3.09. The smallest absolute Gasteiger partial charge is 0.0502 e. The highest BCUT2D eigenvalue weighted by molar-refractivity contribution is 9.10. The van der Waals surface area contributed by atoms with E-state index >= 15 is 0 Å². The average Bonchev–Trinajstić information content (AvgIpc) is 2.25. The Labute approximate surface area is 101 Å². The monoisotopic (exact) mass is 270 g/mol. The van der Waals surface area contributed by atoms with Crippen LogP contribution >= 0.6 is 15.9 Å². The molecule has 84 valence electrons. The van der Waals surface area contributed by atoms with Crippen LogP contribution in [0.15, 0.2) is 28.7 Å². The first-order valence-corrected chi connectivity index (χ1v) is 6.38. The fourth-order valence-corrected chi connectivity index (χ4v) is 2.54. The lowest BCUT2D eigenvalue weighted by Crippen LogP contribution is -2.15. The number of halogens is 1. The van der Waals surface area contributed by atoms with Gasteiger partial charge in [-0.1, -0.05) is 54.8 Å². The maximum Gasteiger partial charge on any atom is 0.0502 e. The van der Waals surface area contributed by atoms with Crippen LogP contribution in [0.3, 0.4) is 0 Å². The lowest BCUT2D eigenvalue weighted by Gasteiger charge is -2.23. The van der Waals surface area contributed by atoms with Crippen molar-refractivity contribution in [1.82, 2.24) is 0 Å². The second-order valence-electron chi connectivity index (χ2n) is 3.92. The van der Waals surface area contributed by atoms with E-state index in [9.17, 15) is 5.11 Å². The molecular weight excluding hydrogens is 252 g/mol. The highest BCUT2D eigenvalue weighted by atomic mass is 79.9. The zero-order valence-electron chi connectivity index (χ0n) is 9.41. The topological polar surface area (TPSA) is 20.2 Å². The van der Waals surface area contributed by atoms with Crippen molar-refractivity contribution in [3.63, 3.8) is 0 Å². The van der Waals surface area contributed by atoms with E-state index in [1.807, 2.05) is 12.1 Å². The van der Waals surface area contributed by atoms with Gasteiger partial charge in [-0.25, -0.2) is 0 Å². The minimum Gasteiger partial charge on any atom is -0.396 e. The number of hydrogen-bond donors (Lipinski definition) is 1. The third-order valence-corrected chi connectivity index (χ3v) is 3.58. The van der Waals surface area contributed by atoms with Gasteiger partial charge in [-0.05, 0) is 23.6 Å². The zero-order chi connectivity index (χ0) is 11.3. The fraction of sp³-hybridized carbons (Fsp3) is 0.538. The van der Waals surface area contributed by atoms with Gasteiger partial charge in [-0.3, -0.25) is 0 Å². The fourth-order valence-electron chi connectivity index (χ4n) is 2.12. The van der Waals surface area contributed by atoms with Crippen LogP contribution in [0.5, 0.6) is 0 Å². The molecule has 0 aliphatic heterocycles. The van der Waals surface area contributed by atoms with E-state index in [-0.39, 0.29) is 12.5 Å². The number of hydrogen-bond acceptors (Lipinski definition) is 1. The van der Waals surface area contributed by atoms with Crippen LogP contribution in [-0.2, 0) is 0 Å². The maximum absolute atomic E-state index is 9.49. The number of rotatable bonds is 5. The Bertz CT molecular complexity index is 294. The van der Waals surface area contributed by atoms with Crippen molar-refractivity contribution in [3.8, 4) is 0 Å². The van der Waals surface area contributed by atoms with Crippen LogP contribution in [0.4, 0.5) is 0 Å². The molecule has 1 aromatic carbocycles. The Balaban J connectivity index is 2.90. The lowest BCUT2D eigenvalue weighted by molar-refractivity contribution is 0.218. The van der Waals surface area contributed by atoms with Crippen LogP contribution in [0, 0.1) is 5.92 Å². The molecule has 0 saturated heterocycles. The summed E-state index contributed by atoms with van der Waals surface area (Å²) in [5, 5.41) is 9.49. The van der Waals surface area contributed by atoms with E-state index in [0.717, 1.165) is 17.3 Å². The molecule has 0 bridgehead atoms. The number of aliphatic hydroxyl groups excluding tert-OH is 1. The minimum absolute atomic E-state index is 0.239. The van der Waals surface area contributed by atoms with Crippen LogP contribution in [0.1, 0.15) is 38.2 Å². The number of benzene rings is 1. The predicted octanol–water partition coefficient (Wildman–Crippen LogP) is 3.96.